The van der Waals surface area contributed by atoms with Crippen LogP contribution in [0.15, 0.2) is 45.8 Å². The zero-order valence-corrected chi connectivity index (χ0v) is 11.0. The van der Waals surface area contributed by atoms with Gasteiger partial charge in [-0.2, -0.15) is 0 Å². The molecule has 2 rings (SSSR count). The highest BCUT2D eigenvalue weighted by Gasteiger charge is 2.27. The van der Waals surface area contributed by atoms with E-state index >= 15 is 0 Å². The van der Waals surface area contributed by atoms with Crippen LogP contribution >= 0.6 is 0 Å². The summed E-state index contributed by atoms with van der Waals surface area (Å²) in [6, 6.07) is 6.41. The summed E-state index contributed by atoms with van der Waals surface area (Å²) in [5, 5.41) is 8.73. The maximum atomic E-state index is 12.2. The van der Waals surface area contributed by atoms with E-state index in [0.29, 0.717) is 5.69 Å². The molecule has 1 aliphatic rings. The van der Waals surface area contributed by atoms with Gasteiger partial charge in [-0.25, -0.2) is 18.2 Å². The van der Waals surface area contributed by atoms with Crippen molar-refractivity contribution in [2.45, 2.75) is 11.8 Å². The fraction of sp³-hybridized carbons (Fsp3) is 0.167. The summed E-state index contributed by atoms with van der Waals surface area (Å²) in [6.07, 6.45) is 2.53. The van der Waals surface area contributed by atoms with Crippen LogP contribution in [0.2, 0.25) is 0 Å². The van der Waals surface area contributed by atoms with E-state index in [1.165, 1.54) is 25.4 Å². The summed E-state index contributed by atoms with van der Waals surface area (Å²) < 4.78 is 25.5. The van der Waals surface area contributed by atoms with Crippen molar-refractivity contribution in [3.8, 4) is 0 Å². The van der Waals surface area contributed by atoms with Crippen LogP contribution in [0.1, 0.15) is 6.92 Å². The van der Waals surface area contributed by atoms with Crippen molar-refractivity contribution in [1.29, 1.82) is 0 Å². The van der Waals surface area contributed by atoms with E-state index in [0.717, 1.165) is 4.31 Å². The highest BCUT2D eigenvalue weighted by molar-refractivity contribution is 7.89. The Morgan fingerprint density at radius 2 is 2.11 bits per heavy atom. The van der Waals surface area contributed by atoms with Gasteiger partial charge in [0.1, 0.15) is 11.2 Å². The third kappa shape index (κ3) is 2.50. The Hall–Kier alpha value is -2.15. The molecule has 1 N–H and O–H groups in total. The maximum absolute atomic E-state index is 12.2. The van der Waals surface area contributed by atoms with Crippen molar-refractivity contribution < 1.29 is 18.3 Å². The number of sulfonamides is 1. The summed E-state index contributed by atoms with van der Waals surface area (Å²) in [7, 11) is -3.66. The van der Waals surface area contributed by atoms with Crippen LogP contribution in [0, 0.1) is 0 Å². The van der Waals surface area contributed by atoms with Gasteiger partial charge in [-0.3, -0.25) is 4.31 Å². The lowest BCUT2D eigenvalue weighted by atomic mass is 10.3. The molecule has 1 heterocycles. The van der Waals surface area contributed by atoms with Gasteiger partial charge in [0, 0.05) is 5.57 Å². The smallest absolute Gasteiger partial charge is 0.331 e. The number of carbonyl (C=O) groups is 1. The van der Waals surface area contributed by atoms with E-state index < -0.39 is 16.0 Å². The molecule has 0 fully saturated rings. The molecule has 0 radical (unpaired) electrons. The molecule has 1 aliphatic heterocycles. The zero-order valence-electron chi connectivity index (χ0n) is 10.1. The Morgan fingerprint density at radius 1 is 1.42 bits per heavy atom. The minimum Gasteiger partial charge on any atom is -0.478 e. The predicted molar refractivity (Wildman–Crippen MR) is 69.9 cm³/mol. The number of hydrogen-bond acceptors (Lipinski definition) is 4. The van der Waals surface area contributed by atoms with Gasteiger partial charge in [0.15, 0.2) is 0 Å². The number of fused-ring (bicyclic) bond motifs is 1. The number of nitrogens with zero attached hydrogens (tertiary/aromatic N) is 2. The Morgan fingerprint density at radius 3 is 2.79 bits per heavy atom. The monoisotopic (exact) mass is 280 g/mol. The van der Waals surface area contributed by atoms with Crippen molar-refractivity contribution in [3.05, 3.63) is 35.9 Å². The molecular weight excluding hydrogens is 268 g/mol. The van der Waals surface area contributed by atoms with Gasteiger partial charge < -0.3 is 5.11 Å². The lowest BCUT2D eigenvalue weighted by Gasteiger charge is -2.22. The first-order valence-electron chi connectivity index (χ1n) is 5.48. The lowest BCUT2D eigenvalue weighted by Crippen LogP contribution is -2.32. The van der Waals surface area contributed by atoms with Gasteiger partial charge >= 0.3 is 5.97 Å². The first kappa shape index (κ1) is 13.3. The number of carboxylic acids is 1. The summed E-state index contributed by atoms with van der Waals surface area (Å²) in [6.45, 7) is 1.35. The van der Waals surface area contributed by atoms with Crippen molar-refractivity contribution in [3.63, 3.8) is 0 Å². The molecule has 0 spiro atoms. The number of hydrogen-bond donors (Lipinski definition) is 1. The summed E-state index contributed by atoms with van der Waals surface area (Å²) in [5.41, 5.74) is 0.472. The quantitative estimate of drug-likeness (QED) is 0.847. The molecule has 7 heteroatoms. The van der Waals surface area contributed by atoms with E-state index in [4.69, 9.17) is 5.11 Å². The van der Waals surface area contributed by atoms with Crippen LogP contribution in [0.5, 0.6) is 0 Å². The third-order valence-corrected chi connectivity index (χ3v) is 4.45. The minimum absolute atomic E-state index is 0.0572. The van der Waals surface area contributed by atoms with Crippen molar-refractivity contribution in [1.82, 2.24) is 4.31 Å². The van der Waals surface area contributed by atoms with Crippen LogP contribution < -0.4 is 0 Å². The number of aliphatic carboxylic acids is 1. The van der Waals surface area contributed by atoms with Crippen LogP contribution in [-0.4, -0.2) is 36.7 Å². The summed E-state index contributed by atoms with van der Waals surface area (Å²) in [4.78, 5) is 14.8. The molecule has 6 nitrogen and oxygen atoms in total. The highest BCUT2D eigenvalue weighted by atomic mass is 32.2. The van der Waals surface area contributed by atoms with E-state index in [9.17, 15) is 13.2 Å². The van der Waals surface area contributed by atoms with Gasteiger partial charge in [-0.1, -0.05) is 18.2 Å². The van der Waals surface area contributed by atoms with Crippen LogP contribution in [0.3, 0.4) is 0 Å². The zero-order chi connectivity index (χ0) is 14.0. The van der Waals surface area contributed by atoms with Gasteiger partial charge in [-0.05, 0) is 19.1 Å². The van der Waals surface area contributed by atoms with Crippen molar-refractivity contribution in [2.24, 2.45) is 4.99 Å². The fourth-order valence-corrected chi connectivity index (χ4v) is 2.89. The molecule has 0 aromatic heterocycles. The van der Waals surface area contributed by atoms with E-state index in [1.54, 1.807) is 18.2 Å². The first-order valence-corrected chi connectivity index (χ1v) is 6.92. The number of carboxylic acid groups (broad SMARTS) is 1. The molecule has 0 aliphatic carbocycles. The SMILES string of the molecule is CC(=CCN1C=Nc2ccccc2S1(=O)=O)C(=O)O. The normalized spacial score (nSPS) is 17.1. The van der Waals surface area contributed by atoms with Gasteiger partial charge in [0.25, 0.3) is 10.0 Å². The molecule has 1 aromatic carbocycles. The van der Waals surface area contributed by atoms with Gasteiger partial charge in [0.05, 0.1) is 12.2 Å². The largest absolute Gasteiger partial charge is 0.478 e. The minimum atomic E-state index is -3.66. The second-order valence-electron chi connectivity index (χ2n) is 3.98. The molecule has 19 heavy (non-hydrogen) atoms. The van der Waals surface area contributed by atoms with Crippen molar-refractivity contribution in [2.75, 3.05) is 6.54 Å². The lowest BCUT2D eigenvalue weighted by molar-refractivity contribution is -0.132. The molecule has 100 valence electrons. The second kappa shape index (κ2) is 4.85. The topological polar surface area (TPSA) is 87.0 Å². The first-order chi connectivity index (χ1) is 8.93. The average molecular weight is 280 g/mol. The predicted octanol–water partition coefficient (Wildman–Crippen LogP) is 1.38. The Kier molecular flexibility index (Phi) is 3.39. The summed E-state index contributed by atoms with van der Waals surface area (Å²) >= 11 is 0. The molecule has 0 saturated heterocycles. The Balaban J connectivity index is 2.33. The summed E-state index contributed by atoms with van der Waals surface area (Å²) in [5.74, 6) is -1.08. The van der Waals surface area contributed by atoms with Gasteiger partial charge in [0.2, 0.25) is 0 Å². The number of rotatable bonds is 3. The maximum Gasteiger partial charge on any atom is 0.331 e. The third-order valence-electron chi connectivity index (χ3n) is 2.69. The van der Waals surface area contributed by atoms with Gasteiger partial charge in [-0.15, -0.1) is 0 Å². The van der Waals surface area contributed by atoms with Crippen LogP contribution in [0.4, 0.5) is 5.69 Å². The Bertz CT molecular complexity index is 677. The molecule has 0 unspecified atom stereocenters. The van der Waals surface area contributed by atoms with E-state index in [1.807, 2.05) is 0 Å². The molecule has 1 aromatic rings. The molecule has 0 amide bonds. The molecular formula is C12H12N2O4S. The standard InChI is InChI=1S/C12H12N2O4S/c1-9(12(15)16)6-7-14-8-13-10-4-2-3-5-11(10)19(14,17)18/h2-6,8H,7H2,1H3,(H,15,16). The second-order valence-corrected chi connectivity index (χ2v) is 5.84. The van der Waals surface area contributed by atoms with Crippen LogP contribution in [-0.2, 0) is 14.8 Å². The highest BCUT2D eigenvalue weighted by Crippen LogP contribution is 2.29. The number of benzene rings is 1. The number of para-hydroxylation sites is 1. The van der Waals surface area contributed by atoms with E-state index in [-0.39, 0.29) is 17.0 Å². The fourth-order valence-electron chi connectivity index (χ4n) is 1.56. The molecule has 0 saturated carbocycles. The Labute approximate surface area is 110 Å². The van der Waals surface area contributed by atoms with Crippen molar-refractivity contribution >= 4 is 28.0 Å². The molecule has 0 atom stereocenters. The van der Waals surface area contributed by atoms with E-state index in [2.05, 4.69) is 4.99 Å². The molecule has 0 bridgehead atoms. The van der Waals surface area contributed by atoms with Crippen LogP contribution in [0.25, 0.3) is 0 Å². The average Bonchev–Trinajstić information content (AvgIpc) is 2.37. The number of aliphatic imine (C=N–C) groups is 1.